The maximum atomic E-state index is 10.3. The lowest BCUT2D eigenvalue weighted by Gasteiger charge is -2.16. The van der Waals surface area contributed by atoms with Crippen molar-refractivity contribution in [1.82, 2.24) is 0 Å². The van der Waals surface area contributed by atoms with Crippen LogP contribution in [-0.2, 0) is 0 Å². The van der Waals surface area contributed by atoms with Crippen molar-refractivity contribution in [3.8, 4) is 28.4 Å². The molecule has 1 unspecified atom stereocenters. The highest BCUT2D eigenvalue weighted by Gasteiger charge is 2.14. The Labute approximate surface area is 113 Å². The molecule has 3 nitrogen and oxygen atoms in total. The number of para-hydroxylation sites is 2. The fraction of sp³-hybridized carbons (Fsp3) is 0.250. The smallest absolute Gasteiger partial charge is 0.165 e. The van der Waals surface area contributed by atoms with Gasteiger partial charge in [0.1, 0.15) is 5.75 Å². The van der Waals surface area contributed by atoms with Crippen LogP contribution in [-0.4, -0.2) is 16.3 Å². The molecule has 0 bridgehead atoms. The Balaban J connectivity index is 2.43. The van der Waals surface area contributed by atoms with E-state index in [1.54, 1.807) is 36.4 Å². The van der Waals surface area contributed by atoms with Crippen molar-refractivity contribution in [2.45, 2.75) is 26.4 Å². The highest BCUT2D eigenvalue weighted by molar-refractivity contribution is 5.77. The summed E-state index contributed by atoms with van der Waals surface area (Å²) in [6.45, 7) is 3.97. The second-order valence-corrected chi connectivity index (χ2v) is 4.51. The summed E-state index contributed by atoms with van der Waals surface area (Å²) in [7, 11) is 0. The summed E-state index contributed by atoms with van der Waals surface area (Å²) in [4.78, 5) is 0. The van der Waals surface area contributed by atoms with Gasteiger partial charge in [-0.25, -0.2) is 0 Å². The molecule has 19 heavy (non-hydrogen) atoms. The van der Waals surface area contributed by atoms with Crippen molar-refractivity contribution in [1.29, 1.82) is 0 Å². The predicted molar refractivity (Wildman–Crippen MR) is 75.6 cm³/mol. The van der Waals surface area contributed by atoms with Crippen LogP contribution in [0.4, 0.5) is 0 Å². The number of phenols is 2. The number of ether oxygens (including phenoxy) is 1. The van der Waals surface area contributed by atoms with Gasteiger partial charge in [0, 0.05) is 11.1 Å². The van der Waals surface area contributed by atoms with E-state index in [0.29, 0.717) is 16.9 Å². The molecular formula is C16H18O3. The monoisotopic (exact) mass is 258 g/mol. The first-order chi connectivity index (χ1) is 9.13. The van der Waals surface area contributed by atoms with Gasteiger partial charge in [0.2, 0.25) is 0 Å². The van der Waals surface area contributed by atoms with Crippen LogP contribution in [0.3, 0.4) is 0 Å². The van der Waals surface area contributed by atoms with Crippen molar-refractivity contribution >= 4 is 0 Å². The molecular weight excluding hydrogens is 240 g/mol. The molecule has 0 aliphatic carbocycles. The summed E-state index contributed by atoms with van der Waals surface area (Å²) in [5, 5.41) is 20.1. The average Bonchev–Trinajstić information content (AvgIpc) is 2.42. The predicted octanol–water partition coefficient (Wildman–Crippen LogP) is 3.94. The van der Waals surface area contributed by atoms with Crippen LogP contribution in [0.1, 0.15) is 20.3 Å². The van der Waals surface area contributed by atoms with E-state index in [-0.39, 0.29) is 17.6 Å². The van der Waals surface area contributed by atoms with Gasteiger partial charge in [-0.2, -0.15) is 0 Å². The van der Waals surface area contributed by atoms with Crippen LogP contribution in [0.15, 0.2) is 42.5 Å². The largest absolute Gasteiger partial charge is 0.507 e. The number of phenolic OH excluding ortho intramolecular Hbond substituents is 2. The van der Waals surface area contributed by atoms with Crippen molar-refractivity contribution < 1.29 is 14.9 Å². The number of aromatic hydroxyl groups is 2. The third kappa shape index (κ3) is 2.81. The van der Waals surface area contributed by atoms with Gasteiger partial charge in [-0.1, -0.05) is 37.3 Å². The van der Waals surface area contributed by atoms with E-state index < -0.39 is 0 Å². The summed E-state index contributed by atoms with van der Waals surface area (Å²) >= 11 is 0. The number of hydrogen-bond donors (Lipinski definition) is 2. The standard InChI is InChI=1S/C16H18O3/c1-3-11(2)19-15-10-6-8-13(16(15)18)12-7-4-5-9-14(12)17/h4-11,17-18H,3H2,1-2H3. The fourth-order valence-electron chi connectivity index (χ4n) is 1.84. The number of hydrogen-bond acceptors (Lipinski definition) is 3. The maximum Gasteiger partial charge on any atom is 0.165 e. The SMILES string of the molecule is CCC(C)Oc1cccc(-c2ccccc2O)c1O. The van der Waals surface area contributed by atoms with Crippen LogP contribution in [0.2, 0.25) is 0 Å². The topological polar surface area (TPSA) is 49.7 Å². The molecule has 0 aliphatic rings. The van der Waals surface area contributed by atoms with Crippen LogP contribution in [0.25, 0.3) is 11.1 Å². The Hall–Kier alpha value is -2.16. The Morgan fingerprint density at radius 3 is 2.37 bits per heavy atom. The second kappa shape index (κ2) is 5.65. The molecule has 0 heterocycles. The van der Waals surface area contributed by atoms with E-state index in [1.807, 2.05) is 19.9 Å². The van der Waals surface area contributed by atoms with E-state index >= 15 is 0 Å². The maximum absolute atomic E-state index is 10.3. The van der Waals surface area contributed by atoms with Gasteiger partial charge >= 0.3 is 0 Å². The third-order valence-electron chi connectivity index (χ3n) is 3.10. The highest BCUT2D eigenvalue weighted by Crippen LogP contribution is 2.40. The van der Waals surface area contributed by atoms with Crippen LogP contribution >= 0.6 is 0 Å². The first-order valence-electron chi connectivity index (χ1n) is 6.40. The molecule has 0 aromatic heterocycles. The van der Waals surface area contributed by atoms with Gasteiger partial charge in [0.15, 0.2) is 11.5 Å². The lowest BCUT2D eigenvalue weighted by molar-refractivity contribution is 0.209. The Morgan fingerprint density at radius 1 is 1.00 bits per heavy atom. The van der Waals surface area contributed by atoms with Gasteiger partial charge in [-0.15, -0.1) is 0 Å². The van der Waals surface area contributed by atoms with Gasteiger partial charge in [-0.3, -0.25) is 0 Å². The molecule has 2 aromatic rings. The molecule has 3 heteroatoms. The molecule has 1 atom stereocenters. The second-order valence-electron chi connectivity index (χ2n) is 4.51. The summed E-state index contributed by atoms with van der Waals surface area (Å²) in [5.74, 6) is 0.637. The van der Waals surface area contributed by atoms with Crippen LogP contribution < -0.4 is 4.74 Å². The molecule has 0 saturated heterocycles. The average molecular weight is 258 g/mol. The minimum Gasteiger partial charge on any atom is -0.507 e. The summed E-state index contributed by atoms with van der Waals surface area (Å²) in [6.07, 6.45) is 0.894. The molecule has 0 amide bonds. The van der Waals surface area contributed by atoms with Crippen molar-refractivity contribution in [2.75, 3.05) is 0 Å². The van der Waals surface area contributed by atoms with Crippen LogP contribution in [0, 0.1) is 0 Å². The Kier molecular flexibility index (Phi) is 3.95. The highest BCUT2D eigenvalue weighted by atomic mass is 16.5. The van der Waals surface area contributed by atoms with Gasteiger partial charge in [0.05, 0.1) is 6.10 Å². The van der Waals surface area contributed by atoms with Gasteiger partial charge < -0.3 is 14.9 Å². The Bertz CT molecular complexity index is 564. The van der Waals surface area contributed by atoms with E-state index in [2.05, 4.69) is 0 Å². The van der Waals surface area contributed by atoms with Gasteiger partial charge in [0.25, 0.3) is 0 Å². The first kappa shape index (κ1) is 13.3. The molecule has 2 N–H and O–H groups in total. The quantitative estimate of drug-likeness (QED) is 0.873. The molecule has 0 spiro atoms. The molecule has 0 radical (unpaired) electrons. The number of rotatable bonds is 4. The minimum absolute atomic E-state index is 0.0329. The van der Waals surface area contributed by atoms with Gasteiger partial charge in [-0.05, 0) is 25.5 Å². The minimum atomic E-state index is 0.0329. The van der Waals surface area contributed by atoms with E-state index in [4.69, 9.17) is 4.74 Å². The summed E-state index contributed by atoms with van der Waals surface area (Å²) < 4.78 is 5.66. The number of benzene rings is 2. The lowest BCUT2D eigenvalue weighted by atomic mass is 10.0. The summed E-state index contributed by atoms with van der Waals surface area (Å²) in [5.41, 5.74) is 1.16. The zero-order chi connectivity index (χ0) is 13.8. The summed E-state index contributed by atoms with van der Waals surface area (Å²) in [6, 6.07) is 12.2. The molecule has 100 valence electrons. The van der Waals surface area contributed by atoms with E-state index in [0.717, 1.165) is 6.42 Å². The zero-order valence-electron chi connectivity index (χ0n) is 11.1. The van der Waals surface area contributed by atoms with Crippen LogP contribution in [0.5, 0.6) is 17.2 Å². The molecule has 0 saturated carbocycles. The third-order valence-corrected chi connectivity index (χ3v) is 3.10. The van der Waals surface area contributed by atoms with E-state index in [1.165, 1.54) is 0 Å². The lowest BCUT2D eigenvalue weighted by Crippen LogP contribution is -2.09. The molecule has 2 aromatic carbocycles. The van der Waals surface area contributed by atoms with Crippen molar-refractivity contribution in [3.63, 3.8) is 0 Å². The van der Waals surface area contributed by atoms with Crippen molar-refractivity contribution in [3.05, 3.63) is 42.5 Å². The normalized spacial score (nSPS) is 12.1. The first-order valence-corrected chi connectivity index (χ1v) is 6.40. The Morgan fingerprint density at radius 2 is 1.68 bits per heavy atom. The molecule has 2 rings (SSSR count). The molecule has 0 fully saturated rings. The molecule has 0 aliphatic heterocycles. The fourth-order valence-corrected chi connectivity index (χ4v) is 1.84. The van der Waals surface area contributed by atoms with Crippen molar-refractivity contribution in [2.24, 2.45) is 0 Å². The van der Waals surface area contributed by atoms with E-state index in [9.17, 15) is 10.2 Å². The zero-order valence-corrected chi connectivity index (χ0v) is 11.1.